The van der Waals surface area contributed by atoms with Gasteiger partial charge in [-0.05, 0) is 38.4 Å². The van der Waals surface area contributed by atoms with Gasteiger partial charge in [-0.25, -0.2) is 0 Å². The maximum atomic E-state index is 12.0. The Labute approximate surface area is 124 Å². The summed E-state index contributed by atoms with van der Waals surface area (Å²) in [5.41, 5.74) is 1.16. The third-order valence-corrected chi connectivity index (χ3v) is 4.66. The van der Waals surface area contributed by atoms with E-state index in [2.05, 4.69) is 10.6 Å². The maximum Gasteiger partial charge on any atom is 0.261 e. The highest BCUT2D eigenvalue weighted by molar-refractivity contribution is 7.14. The van der Waals surface area contributed by atoms with E-state index in [0.717, 1.165) is 23.4 Å². The van der Waals surface area contributed by atoms with Crippen molar-refractivity contribution >= 4 is 29.7 Å². The molecule has 0 bridgehead atoms. The summed E-state index contributed by atoms with van der Waals surface area (Å²) >= 11 is 1.52. The SMILES string of the molecule is Cc1cc(C(=O)NC[C@@H]2CCNC[C@H]2O)sc1C.Cl. The van der Waals surface area contributed by atoms with Crippen LogP contribution in [0.25, 0.3) is 0 Å². The molecule has 0 saturated carbocycles. The van der Waals surface area contributed by atoms with Crippen LogP contribution in [0.2, 0.25) is 0 Å². The molecular weight excluding hydrogens is 284 g/mol. The summed E-state index contributed by atoms with van der Waals surface area (Å²) in [5.74, 6) is 0.138. The van der Waals surface area contributed by atoms with Crippen LogP contribution in [0, 0.1) is 19.8 Å². The van der Waals surface area contributed by atoms with E-state index in [1.165, 1.54) is 16.2 Å². The minimum Gasteiger partial charge on any atom is -0.391 e. The summed E-state index contributed by atoms with van der Waals surface area (Å²) in [6.07, 6.45) is 0.551. The van der Waals surface area contributed by atoms with Gasteiger partial charge in [-0.1, -0.05) is 0 Å². The molecule has 1 aliphatic rings. The van der Waals surface area contributed by atoms with Crippen LogP contribution in [0.15, 0.2) is 6.07 Å². The van der Waals surface area contributed by atoms with Crippen molar-refractivity contribution < 1.29 is 9.90 Å². The number of carbonyl (C=O) groups is 1. The molecule has 1 aromatic heterocycles. The lowest BCUT2D eigenvalue weighted by Gasteiger charge is -2.28. The van der Waals surface area contributed by atoms with E-state index in [1.54, 1.807) is 0 Å². The van der Waals surface area contributed by atoms with E-state index in [1.807, 2.05) is 19.9 Å². The Morgan fingerprint density at radius 3 is 2.89 bits per heavy atom. The van der Waals surface area contributed by atoms with Crippen LogP contribution in [0.1, 0.15) is 26.5 Å². The van der Waals surface area contributed by atoms with E-state index < -0.39 is 0 Å². The Kier molecular flexibility index (Phi) is 6.26. The number of β-amino-alcohol motifs (C(OH)–C–C–N with tert-alkyl or cyclic N) is 1. The van der Waals surface area contributed by atoms with Crippen molar-refractivity contribution in [3.05, 3.63) is 21.4 Å². The first kappa shape index (κ1) is 16.4. The van der Waals surface area contributed by atoms with Crippen molar-refractivity contribution in [1.82, 2.24) is 10.6 Å². The molecule has 0 aliphatic carbocycles. The molecule has 2 rings (SSSR count). The van der Waals surface area contributed by atoms with Crippen molar-refractivity contribution in [2.75, 3.05) is 19.6 Å². The molecule has 1 aliphatic heterocycles. The summed E-state index contributed by atoms with van der Waals surface area (Å²) in [5, 5.41) is 15.8. The molecule has 0 radical (unpaired) electrons. The molecule has 1 amide bonds. The lowest BCUT2D eigenvalue weighted by Crippen LogP contribution is -2.45. The topological polar surface area (TPSA) is 61.4 Å². The van der Waals surface area contributed by atoms with Gasteiger partial charge in [-0.2, -0.15) is 0 Å². The molecule has 2 heterocycles. The molecule has 3 N–H and O–H groups in total. The molecular formula is C13H21ClN2O2S. The van der Waals surface area contributed by atoms with Crippen LogP contribution in [-0.4, -0.2) is 36.8 Å². The highest BCUT2D eigenvalue weighted by atomic mass is 35.5. The number of amides is 1. The molecule has 0 unspecified atom stereocenters. The van der Waals surface area contributed by atoms with Gasteiger partial charge in [-0.15, -0.1) is 23.7 Å². The third kappa shape index (κ3) is 4.18. The van der Waals surface area contributed by atoms with Crippen LogP contribution >= 0.6 is 23.7 Å². The van der Waals surface area contributed by atoms with Crippen LogP contribution in [0.4, 0.5) is 0 Å². The number of nitrogens with one attached hydrogen (secondary N) is 2. The van der Waals surface area contributed by atoms with Crippen LogP contribution < -0.4 is 10.6 Å². The van der Waals surface area contributed by atoms with Crippen LogP contribution in [-0.2, 0) is 0 Å². The Balaban J connectivity index is 0.00000180. The molecule has 0 aromatic carbocycles. The van der Waals surface area contributed by atoms with Crippen LogP contribution in [0.3, 0.4) is 0 Å². The fourth-order valence-corrected chi connectivity index (χ4v) is 3.08. The first-order valence-corrected chi connectivity index (χ1v) is 7.13. The van der Waals surface area contributed by atoms with Gasteiger partial charge in [0, 0.05) is 23.9 Å². The second-order valence-electron chi connectivity index (χ2n) is 4.88. The minimum atomic E-state index is -0.356. The van der Waals surface area contributed by atoms with Gasteiger partial charge in [-0.3, -0.25) is 4.79 Å². The highest BCUT2D eigenvalue weighted by Crippen LogP contribution is 2.20. The number of hydrogen-bond acceptors (Lipinski definition) is 4. The molecule has 1 aromatic rings. The number of thiophene rings is 1. The van der Waals surface area contributed by atoms with Gasteiger partial charge < -0.3 is 15.7 Å². The van der Waals surface area contributed by atoms with Crippen molar-refractivity contribution in [1.29, 1.82) is 0 Å². The van der Waals surface area contributed by atoms with E-state index in [0.29, 0.717) is 13.1 Å². The van der Waals surface area contributed by atoms with Gasteiger partial charge in [0.15, 0.2) is 0 Å². The molecule has 19 heavy (non-hydrogen) atoms. The Hall–Kier alpha value is -0.620. The van der Waals surface area contributed by atoms with Crippen molar-refractivity contribution in [3.63, 3.8) is 0 Å². The molecule has 1 fully saturated rings. The van der Waals surface area contributed by atoms with Crippen molar-refractivity contribution in [2.24, 2.45) is 5.92 Å². The van der Waals surface area contributed by atoms with E-state index >= 15 is 0 Å². The lowest BCUT2D eigenvalue weighted by molar-refractivity contribution is 0.0755. The zero-order chi connectivity index (χ0) is 13.1. The number of aliphatic hydroxyl groups excluding tert-OH is 1. The summed E-state index contributed by atoms with van der Waals surface area (Å²) in [6, 6.07) is 1.92. The summed E-state index contributed by atoms with van der Waals surface area (Å²) < 4.78 is 0. The predicted molar refractivity (Wildman–Crippen MR) is 80.4 cm³/mol. The van der Waals surface area contributed by atoms with Gasteiger partial charge in [0.1, 0.15) is 0 Å². The molecule has 1 saturated heterocycles. The number of carbonyl (C=O) groups excluding carboxylic acids is 1. The van der Waals surface area contributed by atoms with Gasteiger partial charge in [0.2, 0.25) is 0 Å². The molecule has 2 atom stereocenters. The largest absolute Gasteiger partial charge is 0.391 e. The molecule has 108 valence electrons. The molecule has 6 heteroatoms. The standard InChI is InChI=1S/C13H20N2O2S.ClH/c1-8-5-12(18-9(8)2)13(17)15-6-10-3-4-14-7-11(10)16;/h5,10-11,14,16H,3-4,6-7H2,1-2H3,(H,15,17);1H/t10-,11+;/m0./s1. The van der Waals surface area contributed by atoms with Crippen LogP contribution in [0.5, 0.6) is 0 Å². The zero-order valence-corrected chi connectivity index (χ0v) is 12.9. The maximum absolute atomic E-state index is 12.0. The molecule has 4 nitrogen and oxygen atoms in total. The fraction of sp³-hybridized carbons (Fsp3) is 0.615. The Morgan fingerprint density at radius 1 is 1.58 bits per heavy atom. The monoisotopic (exact) mass is 304 g/mol. The second-order valence-corrected chi connectivity index (χ2v) is 6.14. The molecule has 0 spiro atoms. The van der Waals surface area contributed by atoms with E-state index in [9.17, 15) is 9.90 Å². The number of piperidine rings is 1. The smallest absolute Gasteiger partial charge is 0.261 e. The average Bonchev–Trinajstić information content (AvgIpc) is 2.68. The van der Waals surface area contributed by atoms with E-state index in [4.69, 9.17) is 0 Å². The highest BCUT2D eigenvalue weighted by Gasteiger charge is 2.23. The van der Waals surface area contributed by atoms with Crippen molar-refractivity contribution in [2.45, 2.75) is 26.4 Å². The predicted octanol–water partition coefficient (Wildman–Crippen LogP) is 1.49. The third-order valence-electron chi connectivity index (χ3n) is 3.50. The van der Waals surface area contributed by atoms with Gasteiger partial charge >= 0.3 is 0 Å². The summed E-state index contributed by atoms with van der Waals surface area (Å²) in [6.45, 7) is 6.12. The minimum absolute atomic E-state index is 0. The lowest BCUT2D eigenvalue weighted by atomic mass is 9.95. The normalized spacial score (nSPS) is 22.7. The van der Waals surface area contributed by atoms with Gasteiger partial charge in [0.25, 0.3) is 5.91 Å². The number of rotatable bonds is 3. The number of hydrogen-bond donors (Lipinski definition) is 3. The summed E-state index contributed by atoms with van der Waals surface area (Å²) in [7, 11) is 0. The summed E-state index contributed by atoms with van der Waals surface area (Å²) in [4.78, 5) is 13.9. The van der Waals surface area contributed by atoms with Crippen molar-refractivity contribution in [3.8, 4) is 0 Å². The zero-order valence-electron chi connectivity index (χ0n) is 11.2. The number of aryl methyl sites for hydroxylation is 2. The number of aliphatic hydroxyl groups is 1. The Morgan fingerprint density at radius 2 is 2.32 bits per heavy atom. The first-order chi connectivity index (χ1) is 8.58. The fourth-order valence-electron chi connectivity index (χ4n) is 2.13. The average molecular weight is 305 g/mol. The first-order valence-electron chi connectivity index (χ1n) is 6.32. The number of halogens is 1. The second kappa shape index (κ2) is 7.24. The van der Waals surface area contributed by atoms with Gasteiger partial charge in [0.05, 0.1) is 11.0 Å². The Bertz CT molecular complexity index is 417. The van der Waals surface area contributed by atoms with E-state index in [-0.39, 0.29) is 30.3 Å². The quantitative estimate of drug-likeness (QED) is 0.793.